The molecule has 0 fully saturated rings. The molecule has 20 heavy (non-hydrogen) atoms. The zero-order valence-electron chi connectivity index (χ0n) is 11.3. The van der Waals surface area contributed by atoms with E-state index in [4.69, 9.17) is 26.3 Å². The summed E-state index contributed by atoms with van der Waals surface area (Å²) in [6.45, 7) is 3.64. The fourth-order valence-corrected chi connectivity index (χ4v) is 1.75. The van der Waals surface area contributed by atoms with Crippen molar-refractivity contribution in [3.63, 3.8) is 0 Å². The number of hydrogen-bond acceptors (Lipinski definition) is 5. The molecule has 0 amide bonds. The number of benzene rings is 1. The average Bonchev–Trinajstić information content (AvgIpc) is 2.45. The molecule has 5 nitrogen and oxygen atoms in total. The molecule has 0 aliphatic carbocycles. The highest BCUT2D eigenvalue weighted by atomic mass is 35.5. The van der Waals surface area contributed by atoms with E-state index in [-0.39, 0.29) is 11.0 Å². The van der Waals surface area contributed by atoms with Crippen LogP contribution in [0.4, 0.5) is 0 Å². The topological polar surface area (TPSA) is 68.0 Å². The minimum atomic E-state index is 0.180. The van der Waals surface area contributed by atoms with Gasteiger partial charge in [0.05, 0.1) is 30.1 Å². The Morgan fingerprint density at radius 2 is 1.85 bits per heavy atom. The smallest absolute Gasteiger partial charge is 0.258 e. The van der Waals surface area contributed by atoms with Crippen molar-refractivity contribution in [2.45, 2.75) is 13.8 Å². The van der Waals surface area contributed by atoms with Crippen molar-refractivity contribution < 1.29 is 9.47 Å². The first kappa shape index (κ1) is 14.1. The Balaban J connectivity index is 2.40. The maximum absolute atomic E-state index is 8.86. The van der Waals surface area contributed by atoms with Gasteiger partial charge in [0.25, 0.3) is 5.88 Å². The molecule has 1 heterocycles. The number of aryl methyl sites for hydroxylation is 2. The van der Waals surface area contributed by atoms with Gasteiger partial charge >= 0.3 is 0 Å². The van der Waals surface area contributed by atoms with E-state index in [9.17, 15) is 0 Å². The highest BCUT2D eigenvalue weighted by molar-refractivity contribution is 6.30. The van der Waals surface area contributed by atoms with Crippen molar-refractivity contribution in [1.82, 2.24) is 9.97 Å². The molecular weight excluding hydrogens is 278 g/mol. The van der Waals surface area contributed by atoms with Crippen LogP contribution in [0.2, 0.25) is 5.15 Å². The van der Waals surface area contributed by atoms with Crippen molar-refractivity contribution in [3.05, 3.63) is 40.3 Å². The molecule has 0 saturated carbocycles. The third kappa shape index (κ3) is 2.81. The SMILES string of the molecule is COc1cc(C#N)ccc1Oc1nc(C)c(C)nc1Cl. The third-order valence-electron chi connectivity index (χ3n) is 2.73. The van der Waals surface area contributed by atoms with Gasteiger partial charge in [0.15, 0.2) is 16.7 Å². The highest BCUT2D eigenvalue weighted by Crippen LogP contribution is 2.34. The zero-order valence-corrected chi connectivity index (χ0v) is 12.0. The predicted molar refractivity (Wildman–Crippen MR) is 74.3 cm³/mol. The minimum absolute atomic E-state index is 0.180. The van der Waals surface area contributed by atoms with Gasteiger partial charge in [-0.05, 0) is 26.0 Å². The van der Waals surface area contributed by atoms with E-state index in [2.05, 4.69) is 9.97 Å². The summed E-state index contributed by atoms with van der Waals surface area (Å²) in [5, 5.41) is 9.04. The molecule has 0 bridgehead atoms. The monoisotopic (exact) mass is 289 g/mol. The van der Waals surface area contributed by atoms with Crippen LogP contribution in [0.3, 0.4) is 0 Å². The molecule has 0 atom stereocenters. The summed E-state index contributed by atoms with van der Waals surface area (Å²) in [4.78, 5) is 8.39. The third-order valence-corrected chi connectivity index (χ3v) is 2.98. The quantitative estimate of drug-likeness (QED) is 0.866. The fraction of sp³-hybridized carbons (Fsp3) is 0.214. The Morgan fingerprint density at radius 3 is 2.50 bits per heavy atom. The lowest BCUT2D eigenvalue weighted by atomic mass is 10.2. The van der Waals surface area contributed by atoms with Gasteiger partial charge in [-0.1, -0.05) is 11.6 Å². The summed E-state index contributed by atoms with van der Waals surface area (Å²) < 4.78 is 10.8. The summed E-state index contributed by atoms with van der Waals surface area (Å²) in [7, 11) is 1.50. The van der Waals surface area contributed by atoms with Gasteiger partial charge in [0.2, 0.25) is 0 Å². The predicted octanol–water partition coefficient (Wildman–Crippen LogP) is 3.42. The van der Waals surface area contributed by atoms with Crippen LogP contribution in [0.25, 0.3) is 0 Å². The molecule has 0 N–H and O–H groups in total. The molecule has 6 heteroatoms. The average molecular weight is 290 g/mol. The van der Waals surface area contributed by atoms with E-state index in [1.165, 1.54) is 7.11 Å². The first-order valence-corrected chi connectivity index (χ1v) is 6.19. The molecule has 0 radical (unpaired) electrons. The second-order valence-corrected chi connectivity index (χ2v) is 4.43. The Kier molecular flexibility index (Phi) is 4.06. The number of nitriles is 1. The number of hydrogen-bond donors (Lipinski definition) is 0. The van der Waals surface area contributed by atoms with Crippen LogP contribution < -0.4 is 9.47 Å². The van der Waals surface area contributed by atoms with Crippen LogP contribution in [0.1, 0.15) is 17.0 Å². The van der Waals surface area contributed by atoms with Crippen molar-refractivity contribution in [2.24, 2.45) is 0 Å². The molecule has 2 aromatic rings. The summed E-state index contributed by atoms with van der Waals surface area (Å²) in [6.07, 6.45) is 0. The first-order valence-electron chi connectivity index (χ1n) is 5.82. The molecule has 1 aromatic heterocycles. The van der Waals surface area contributed by atoms with Gasteiger partial charge in [0, 0.05) is 6.07 Å². The minimum Gasteiger partial charge on any atom is -0.493 e. The summed E-state index contributed by atoms with van der Waals surface area (Å²) in [5.74, 6) is 1.06. The number of nitrogens with zero attached hydrogens (tertiary/aromatic N) is 3. The Bertz CT molecular complexity index is 696. The van der Waals surface area contributed by atoms with E-state index >= 15 is 0 Å². The second-order valence-electron chi connectivity index (χ2n) is 4.07. The van der Waals surface area contributed by atoms with E-state index in [1.54, 1.807) is 18.2 Å². The van der Waals surface area contributed by atoms with Crippen molar-refractivity contribution >= 4 is 11.6 Å². The van der Waals surface area contributed by atoms with Crippen LogP contribution in [-0.2, 0) is 0 Å². The van der Waals surface area contributed by atoms with Gasteiger partial charge in [-0.25, -0.2) is 9.97 Å². The summed E-state index contributed by atoms with van der Waals surface area (Å²) >= 11 is 6.01. The van der Waals surface area contributed by atoms with Crippen molar-refractivity contribution in [2.75, 3.05) is 7.11 Å². The molecule has 2 rings (SSSR count). The van der Waals surface area contributed by atoms with E-state index in [1.807, 2.05) is 19.9 Å². The summed E-state index contributed by atoms with van der Waals surface area (Å²) in [5.41, 5.74) is 1.96. The molecule has 1 aromatic carbocycles. The maximum Gasteiger partial charge on any atom is 0.258 e. The zero-order chi connectivity index (χ0) is 14.7. The lowest BCUT2D eigenvalue weighted by Crippen LogP contribution is -1.98. The van der Waals surface area contributed by atoms with E-state index < -0.39 is 0 Å². The van der Waals surface area contributed by atoms with Crippen LogP contribution in [-0.4, -0.2) is 17.1 Å². The number of methoxy groups -OCH3 is 1. The molecule has 0 unspecified atom stereocenters. The van der Waals surface area contributed by atoms with Crippen molar-refractivity contribution in [3.8, 4) is 23.4 Å². The first-order chi connectivity index (χ1) is 9.55. The molecule has 0 spiro atoms. The summed E-state index contributed by atoms with van der Waals surface area (Å²) in [6, 6.07) is 6.87. The lowest BCUT2D eigenvalue weighted by Gasteiger charge is -2.11. The molecular formula is C14H12ClN3O2. The van der Waals surface area contributed by atoms with Gasteiger partial charge in [0.1, 0.15) is 0 Å². The van der Waals surface area contributed by atoms with Gasteiger partial charge in [-0.15, -0.1) is 0 Å². The number of halogens is 1. The van der Waals surface area contributed by atoms with E-state index in [0.717, 1.165) is 11.4 Å². The van der Waals surface area contributed by atoms with Crippen LogP contribution in [0.5, 0.6) is 17.4 Å². The van der Waals surface area contributed by atoms with Crippen LogP contribution in [0, 0.1) is 25.2 Å². The molecule has 0 aliphatic rings. The van der Waals surface area contributed by atoms with Gasteiger partial charge in [-0.3, -0.25) is 0 Å². The Morgan fingerprint density at radius 1 is 1.15 bits per heavy atom. The highest BCUT2D eigenvalue weighted by Gasteiger charge is 2.13. The number of aromatic nitrogens is 2. The number of ether oxygens (including phenoxy) is 2. The van der Waals surface area contributed by atoms with E-state index in [0.29, 0.717) is 17.1 Å². The maximum atomic E-state index is 8.86. The van der Waals surface area contributed by atoms with Crippen molar-refractivity contribution in [1.29, 1.82) is 5.26 Å². The second kappa shape index (κ2) is 5.76. The lowest BCUT2D eigenvalue weighted by molar-refractivity contribution is 0.373. The van der Waals surface area contributed by atoms with Crippen LogP contribution in [0.15, 0.2) is 18.2 Å². The largest absolute Gasteiger partial charge is 0.493 e. The molecule has 102 valence electrons. The standard InChI is InChI=1S/C14H12ClN3O2/c1-8-9(2)18-14(13(15)17-8)20-11-5-4-10(7-16)6-12(11)19-3/h4-6H,1-3H3. The Hall–Kier alpha value is -2.32. The molecule has 0 saturated heterocycles. The normalized spacial score (nSPS) is 9.95. The molecule has 0 aliphatic heterocycles. The number of rotatable bonds is 3. The van der Waals surface area contributed by atoms with Gasteiger partial charge < -0.3 is 9.47 Å². The fourth-order valence-electron chi connectivity index (χ4n) is 1.55. The van der Waals surface area contributed by atoms with Gasteiger partial charge in [-0.2, -0.15) is 5.26 Å². The Labute approximate surface area is 121 Å². The van der Waals surface area contributed by atoms with Crippen LogP contribution >= 0.6 is 11.6 Å².